The Kier molecular flexibility index (Phi) is 6.40. The SMILES string of the molecule is Cc1cc(=O)oc2cc(OCC(=O)O[C@@H](C)C(=O)NC3(C#N)CCCCC3)ccc12. The van der Waals surface area contributed by atoms with E-state index in [2.05, 4.69) is 11.4 Å². The molecule has 0 bridgehead atoms. The highest BCUT2D eigenvalue weighted by molar-refractivity contribution is 5.85. The van der Waals surface area contributed by atoms with Gasteiger partial charge in [-0.3, -0.25) is 4.79 Å². The zero-order valence-corrected chi connectivity index (χ0v) is 17.0. The van der Waals surface area contributed by atoms with Crippen LogP contribution in [-0.4, -0.2) is 30.1 Å². The third kappa shape index (κ3) is 4.98. The normalized spacial score (nSPS) is 16.3. The molecule has 1 saturated carbocycles. The number of hydrogen-bond donors (Lipinski definition) is 1. The van der Waals surface area contributed by atoms with Crippen LogP contribution in [0.2, 0.25) is 0 Å². The first-order valence-corrected chi connectivity index (χ1v) is 9.92. The van der Waals surface area contributed by atoms with E-state index in [1.807, 2.05) is 0 Å². The van der Waals surface area contributed by atoms with Crippen LogP contribution in [0, 0.1) is 18.3 Å². The molecule has 0 spiro atoms. The van der Waals surface area contributed by atoms with E-state index in [0.717, 1.165) is 30.2 Å². The number of aryl methyl sites for hydroxylation is 1. The number of benzene rings is 1. The Morgan fingerprint density at radius 3 is 2.70 bits per heavy atom. The highest BCUT2D eigenvalue weighted by atomic mass is 16.6. The van der Waals surface area contributed by atoms with E-state index in [1.54, 1.807) is 19.1 Å². The fraction of sp³-hybridized carbons (Fsp3) is 0.455. The molecule has 1 aliphatic carbocycles. The van der Waals surface area contributed by atoms with Gasteiger partial charge in [-0.15, -0.1) is 0 Å². The second-order valence-electron chi connectivity index (χ2n) is 7.57. The predicted octanol–water partition coefficient (Wildman–Crippen LogP) is 2.75. The van der Waals surface area contributed by atoms with Crippen LogP contribution in [0.3, 0.4) is 0 Å². The highest BCUT2D eigenvalue weighted by Gasteiger charge is 2.35. The quantitative estimate of drug-likeness (QED) is 0.572. The number of carbonyl (C=O) groups is 2. The van der Waals surface area contributed by atoms with Gasteiger partial charge in [0.2, 0.25) is 0 Å². The van der Waals surface area contributed by atoms with Crippen molar-refractivity contribution in [1.82, 2.24) is 5.32 Å². The van der Waals surface area contributed by atoms with Crippen molar-refractivity contribution in [3.05, 3.63) is 40.2 Å². The van der Waals surface area contributed by atoms with Gasteiger partial charge in [-0.25, -0.2) is 9.59 Å². The van der Waals surface area contributed by atoms with Crippen LogP contribution in [0.15, 0.2) is 33.5 Å². The molecule has 158 valence electrons. The lowest BCUT2D eigenvalue weighted by Gasteiger charge is -2.32. The van der Waals surface area contributed by atoms with Gasteiger partial charge in [0.25, 0.3) is 5.91 Å². The number of nitrogens with one attached hydrogen (secondary N) is 1. The molecule has 0 radical (unpaired) electrons. The lowest BCUT2D eigenvalue weighted by Crippen LogP contribution is -2.52. The number of ether oxygens (including phenoxy) is 2. The Morgan fingerprint density at radius 2 is 2.00 bits per heavy atom. The molecular formula is C22H24N2O6. The first kappa shape index (κ1) is 21.4. The van der Waals surface area contributed by atoms with E-state index in [-0.39, 0.29) is 0 Å². The molecule has 1 fully saturated rings. The molecule has 1 atom stereocenters. The van der Waals surface area contributed by atoms with E-state index in [9.17, 15) is 19.6 Å². The maximum absolute atomic E-state index is 12.4. The molecule has 1 aromatic heterocycles. The number of hydrogen-bond acceptors (Lipinski definition) is 7. The predicted molar refractivity (Wildman–Crippen MR) is 108 cm³/mol. The van der Waals surface area contributed by atoms with E-state index >= 15 is 0 Å². The van der Waals surface area contributed by atoms with Crippen molar-refractivity contribution in [2.75, 3.05) is 6.61 Å². The molecule has 3 rings (SSSR count). The Labute approximate surface area is 173 Å². The minimum Gasteiger partial charge on any atom is -0.482 e. The van der Waals surface area contributed by atoms with Crippen LogP contribution in [0.5, 0.6) is 5.75 Å². The summed E-state index contributed by atoms with van der Waals surface area (Å²) in [5.74, 6) is -0.899. The van der Waals surface area contributed by atoms with E-state index < -0.39 is 35.8 Å². The van der Waals surface area contributed by atoms with Gasteiger partial charge in [0.05, 0.1) is 6.07 Å². The minimum atomic E-state index is -1.05. The molecular weight excluding hydrogens is 388 g/mol. The summed E-state index contributed by atoms with van der Waals surface area (Å²) in [5, 5.41) is 13.0. The van der Waals surface area contributed by atoms with Crippen molar-refractivity contribution in [3.63, 3.8) is 0 Å². The topological polar surface area (TPSA) is 119 Å². The van der Waals surface area contributed by atoms with Gasteiger partial charge in [0.15, 0.2) is 12.7 Å². The summed E-state index contributed by atoms with van der Waals surface area (Å²) in [6.45, 7) is 2.84. The Balaban J connectivity index is 1.55. The molecule has 0 unspecified atom stereocenters. The van der Waals surface area contributed by atoms with E-state index in [4.69, 9.17) is 13.9 Å². The van der Waals surface area contributed by atoms with Gasteiger partial charge in [-0.2, -0.15) is 5.26 Å². The summed E-state index contributed by atoms with van der Waals surface area (Å²) in [4.78, 5) is 36.0. The first-order chi connectivity index (χ1) is 14.3. The van der Waals surface area contributed by atoms with Gasteiger partial charge in [0.1, 0.15) is 16.9 Å². The summed E-state index contributed by atoms with van der Waals surface area (Å²) in [6, 6.07) is 8.50. The van der Waals surface area contributed by atoms with Crippen LogP contribution in [0.1, 0.15) is 44.6 Å². The summed E-state index contributed by atoms with van der Waals surface area (Å²) in [7, 11) is 0. The smallest absolute Gasteiger partial charge is 0.344 e. The van der Waals surface area contributed by atoms with Crippen LogP contribution in [0.25, 0.3) is 11.0 Å². The maximum Gasteiger partial charge on any atom is 0.344 e. The summed E-state index contributed by atoms with van der Waals surface area (Å²) in [5.41, 5.74) is -0.225. The minimum absolute atomic E-state index is 0.330. The number of rotatable bonds is 6. The van der Waals surface area contributed by atoms with Crippen molar-refractivity contribution < 1.29 is 23.5 Å². The van der Waals surface area contributed by atoms with Gasteiger partial charge < -0.3 is 19.2 Å². The van der Waals surface area contributed by atoms with Crippen molar-refractivity contribution in [3.8, 4) is 11.8 Å². The second-order valence-corrected chi connectivity index (χ2v) is 7.57. The van der Waals surface area contributed by atoms with E-state index in [1.165, 1.54) is 19.1 Å². The molecule has 8 nitrogen and oxygen atoms in total. The number of nitriles is 1. The third-order valence-electron chi connectivity index (χ3n) is 5.24. The average Bonchev–Trinajstić information content (AvgIpc) is 2.72. The summed E-state index contributed by atoms with van der Waals surface area (Å²) < 4.78 is 15.7. The average molecular weight is 412 g/mol. The lowest BCUT2D eigenvalue weighted by molar-refractivity contribution is -0.157. The zero-order valence-electron chi connectivity index (χ0n) is 17.0. The number of nitrogens with zero attached hydrogens (tertiary/aromatic N) is 1. The molecule has 30 heavy (non-hydrogen) atoms. The molecule has 1 heterocycles. The summed E-state index contributed by atoms with van der Waals surface area (Å²) >= 11 is 0. The van der Waals surface area contributed by atoms with E-state index in [0.29, 0.717) is 24.2 Å². The monoisotopic (exact) mass is 412 g/mol. The Bertz CT molecular complexity index is 1050. The molecule has 0 aliphatic heterocycles. The first-order valence-electron chi connectivity index (χ1n) is 9.92. The number of amides is 1. The van der Waals surface area contributed by atoms with Crippen molar-refractivity contribution in [2.24, 2.45) is 0 Å². The van der Waals surface area contributed by atoms with Gasteiger partial charge in [-0.1, -0.05) is 19.3 Å². The standard InChI is InChI=1S/C22H24N2O6/c1-14-10-19(25)30-18-11-16(6-7-17(14)18)28-12-20(26)29-15(2)21(27)24-22(13-23)8-4-3-5-9-22/h6-7,10-11,15H,3-5,8-9,12H2,1-2H3,(H,24,27)/t15-/m0/s1. The molecule has 1 amide bonds. The van der Waals surface area contributed by atoms with Crippen LogP contribution >= 0.6 is 0 Å². The molecule has 2 aromatic rings. The van der Waals surface area contributed by atoms with Gasteiger partial charge in [-0.05, 0) is 44.4 Å². The molecule has 8 heteroatoms. The van der Waals surface area contributed by atoms with Crippen LogP contribution < -0.4 is 15.7 Å². The van der Waals surface area contributed by atoms with Crippen molar-refractivity contribution >= 4 is 22.8 Å². The molecule has 1 N–H and O–H groups in total. The Morgan fingerprint density at radius 1 is 1.27 bits per heavy atom. The zero-order chi connectivity index (χ0) is 21.7. The number of carbonyl (C=O) groups excluding carboxylic acids is 2. The summed E-state index contributed by atoms with van der Waals surface area (Å²) in [6.07, 6.45) is 2.93. The number of fused-ring (bicyclic) bond motifs is 1. The largest absolute Gasteiger partial charge is 0.482 e. The van der Waals surface area contributed by atoms with Crippen LogP contribution in [0.4, 0.5) is 0 Å². The van der Waals surface area contributed by atoms with Crippen LogP contribution in [-0.2, 0) is 14.3 Å². The fourth-order valence-electron chi connectivity index (χ4n) is 3.58. The molecule has 1 aliphatic rings. The van der Waals surface area contributed by atoms with Crippen molar-refractivity contribution in [1.29, 1.82) is 5.26 Å². The van der Waals surface area contributed by atoms with Gasteiger partial charge >= 0.3 is 11.6 Å². The highest BCUT2D eigenvalue weighted by Crippen LogP contribution is 2.27. The maximum atomic E-state index is 12.4. The molecule has 0 saturated heterocycles. The third-order valence-corrected chi connectivity index (χ3v) is 5.24. The van der Waals surface area contributed by atoms with Gasteiger partial charge in [0, 0.05) is 17.5 Å². The lowest BCUT2D eigenvalue weighted by atomic mass is 9.83. The Hall–Kier alpha value is -3.34. The number of esters is 1. The van der Waals surface area contributed by atoms with Crippen molar-refractivity contribution in [2.45, 2.75) is 57.6 Å². The second kappa shape index (κ2) is 8.99. The fourth-order valence-corrected chi connectivity index (χ4v) is 3.58. The molecule has 1 aromatic carbocycles.